The third kappa shape index (κ3) is 3.32. The highest BCUT2D eigenvalue weighted by molar-refractivity contribution is 5.56. The number of piperazine rings is 1. The maximum absolute atomic E-state index is 12.8. The topological polar surface area (TPSA) is 32.5 Å². The zero-order chi connectivity index (χ0) is 15.8. The van der Waals surface area contributed by atoms with Crippen LogP contribution in [0.2, 0.25) is 0 Å². The summed E-state index contributed by atoms with van der Waals surface area (Å²) in [6, 6.07) is 3.85. The molecule has 0 bridgehead atoms. The Hall–Kier alpha value is -1.27. The molecule has 1 aromatic carbocycles. The molecule has 1 heterocycles. The number of nitrogens with zero attached hydrogens (tertiary/aromatic N) is 2. The molecule has 0 aromatic heterocycles. The first kappa shape index (κ1) is 16.1. The van der Waals surface area contributed by atoms with Gasteiger partial charge in [-0.3, -0.25) is 4.90 Å². The van der Waals surface area contributed by atoms with E-state index in [2.05, 4.69) is 30.7 Å². The molecule has 1 saturated heterocycles. The predicted molar refractivity (Wildman–Crippen MR) is 78.3 cm³/mol. The summed E-state index contributed by atoms with van der Waals surface area (Å²) < 4.78 is 38.4. The van der Waals surface area contributed by atoms with Crippen molar-refractivity contribution in [1.82, 2.24) is 4.90 Å². The van der Waals surface area contributed by atoms with Crippen molar-refractivity contribution in [2.75, 3.05) is 31.6 Å². The summed E-state index contributed by atoms with van der Waals surface area (Å²) in [7, 11) is 2.06. The van der Waals surface area contributed by atoms with Crippen LogP contribution in [0.1, 0.15) is 25.0 Å². The quantitative estimate of drug-likeness (QED) is 0.911. The van der Waals surface area contributed by atoms with Gasteiger partial charge in [-0.05, 0) is 44.7 Å². The van der Waals surface area contributed by atoms with E-state index in [4.69, 9.17) is 5.73 Å². The number of hydrogen-bond acceptors (Lipinski definition) is 3. The lowest BCUT2D eigenvalue weighted by Crippen LogP contribution is -2.57. The average Bonchev–Trinajstić information content (AvgIpc) is 2.40. The molecule has 0 aliphatic carbocycles. The van der Waals surface area contributed by atoms with Gasteiger partial charge in [-0.15, -0.1) is 0 Å². The molecule has 0 atom stereocenters. The Kier molecular flexibility index (Phi) is 4.22. The van der Waals surface area contributed by atoms with Gasteiger partial charge < -0.3 is 10.6 Å². The molecule has 2 rings (SSSR count). The molecule has 6 heteroatoms. The van der Waals surface area contributed by atoms with E-state index in [0.717, 1.165) is 31.4 Å². The highest BCUT2D eigenvalue weighted by Crippen LogP contribution is 2.34. The fraction of sp³-hybridized carbons (Fsp3) is 0.600. The number of hydrogen-bond donors (Lipinski definition) is 1. The van der Waals surface area contributed by atoms with Crippen LogP contribution in [-0.2, 0) is 12.7 Å². The van der Waals surface area contributed by atoms with Crippen LogP contribution in [0.3, 0.4) is 0 Å². The van der Waals surface area contributed by atoms with E-state index in [-0.39, 0.29) is 12.1 Å². The predicted octanol–water partition coefficient (Wildman–Crippen LogP) is 2.69. The molecule has 0 spiro atoms. The van der Waals surface area contributed by atoms with Gasteiger partial charge in [0.05, 0.1) is 5.56 Å². The molecule has 2 N–H and O–H groups in total. The fourth-order valence-corrected chi connectivity index (χ4v) is 2.68. The lowest BCUT2D eigenvalue weighted by Gasteiger charge is -2.46. The van der Waals surface area contributed by atoms with Crippen molar-refractivity contribution >= 4 is 5.69 Å². The summed E-state index contributed by atoms with van der Waals surface area (Å²) in [5.74, 6) is 0. The van der Waals surface area contributed by atoms with E-state index in [1.54, 1.807) is 6.07 Å². The van der Waals surface area contributed by atoms with E-state index in [1.165, 1.54) is 6.07 Å². The van der Waals surface area contributed by atoms with Gasteiger partial charge in [0, 0.05) is 37.4 Å². The number of benzene rings is 1. The Morgan fingerprint density at radius 1 is 1.24 bits per heavy atom. The van der Waals surface area contributed by atoms with Crippen LogP contribution in [0, 0.1) is 0 Å². The lowest BCUT2D eigenvalue weighted by molar-refractivity contribution is -0.137. The third-order valence-corrected chi connectivity index (χ3v) is 4.28. The van der Waals surface area contributed by atoms with Crippen LogP contribution < -0.4 is 10.6 Å². The van der Waals surface area contributed by atoms with Gasteiger partial charge in [-0.1, -0.05) is 0 Å². The maximum atomic E-state index is 12.8. The number of likely N-dealkylation sites (N-methyl/N-ethyl adjacent to an activating group) is 1. The second-order valence-corrected chi connectivity index (χ2v) is 6.20. The van der Waals surface area contributed by atoms with Crippen LogP contribution >= 0.6 is 0 Å². The Morgan fingerprint density at radius 2 is 1.90 bits per heavy atom. The van der Waals surface area contributed by atoms with Gasteiger partial charge in [-0.2, -0.15) is 13.2 Å². The molecule has 1 aliphatic heterocycles. The molecule has 0 unspecified atom stereocenters. The summed E-state index contributed by atoms with van der Waals surface area (Å²) in [4.78, 5) is 4.39. The first-order valence-electron chi connectivity index (χ1n) is 7.01. The smallest absolute Gasteiger partial charge is 0.368 e. The van der Waals surface area contributed by atoms with Crippen molar-refractivity contribution in [3.05, 3.63) is 29.3 Å². The molecular weight excluding hydrogens is 279 g/mol. The Balaban J connectivity index is 2.32. The first-order chi connectivity index (χ1) is 9.65. The monoisotopic (exact) mass is 301 g/mol. The Morgan fingerprint density at radius 3 is 2.43 bits per heavy atom. The molecule has 0 radical (unpaired) electrons. The molecule has 3 nitrogen and oxygen atoms in total. The Bertz CT molecular complexity index is 511. The molecule has 0 saturated carbocycles. The number of rotatable bonds is 2. The lowest BCUT2D eigenvalue weighted by atomic mass is 9.98. The van der Waals surface area contributed by atoms with E-state index in [1.807, 2.05) is 0 Å². The molecule has 1 aliphatic rings. The van der Waals surface area contributed by atoms with Crippen LogP contribution in [0.15, 0.2) is 18.2 Å². The number of alkyl halides is 3. The van der Waals surface area contributed by atoms with Gasteiger partial charge in [0.1, 0.15) is 0 Å². The van der Waals surface area contributed by atoms with Crippen LogP contribution in [0.5, 0.6) is 0 Å². The van der Waals surface area contributed by atoms with Crippen molar-refractivity contribution in [2.45, 2.75) is 32.1 Å². The minimum absolute atomic E-state index is 0.0210. The molecule has 1 fully saturated rings. The van der Waals surface area contributed by atoms with E-state index >= 15 is 0 Å². The Labute approximate surface area is 123 Å². The summed E-state index contributed by atoms with van der Waals surface area (Å²) in [6.45, 7) is 6.79. The normalized spacial score (nSPS) is 19.9. The highest BCUT2D eigenvalue weighted by atomic mass is 19.4. The van der Waals surface area contributed by atoms with Crippen molar-refractivity contribution in [3.8, 4) is 0 Å². The van der Waals surface area contributed by atoms with Crippen molar-refractivity contribution < 1.29 is 13.2 Å². The molecule has 21 heavy (non-hydrogen) atoms. The van der Waals surface area contributed by atoms with Gasteiger partial charge >= 0.3 is 6.18 Å². The van der Waals surface area contributed by atoms with Gasteiger partial charge in [0.2, 0.25) is 0 Å². The number of nitrogens with two attached hydrogens (primary N) is 1. The summed E-state index contributed by atoms with van der Waals surface area (Å²) in [6.07, 6.45) is -4.33. The minimum atomic E-state index is -4.33. The molecule has 1 aromatic rings. The highest BCUT2D eigenvalue weighted by Gasteiger charge is 2.34. The minimum Gasteiger partial charge on any atom is -0.368 e. The summed E-state index contributed by atoms with van der Waals surface area (Å²) in [5, 5.41) is 0. The average molecular weight is 301 g/mol. The third-order valence-electron chi connectivity index (χ3n) is 4.28. The standard InChI is InChI=1S/C15H22F3N3/c1-14(2)10-21(7-6-20(14)3)13-5-4-12(15(16,17)18)8-11(13)9-19/h4-5,8H,6-7,9-10,19H2,1-3H3. The largest absolute Gasteiger partial charge is 0.416 e. The zero-order valence-electron chi connectivity index (χ0n) is 12.7. The van der Waals surface area contributed by atoms with Gasteiger partial charge in [0.25, 0.3) is 0 Å². The van der Waals surface area contributed by atoms with E-state index in [9.17, 15) is 13.2 Å². The van der Waals surface area contributed by atoms with Crippen LogP contribution in [0.25, 0.3) is 0 Å². The maximum Gasteiger partial charge on any atom is 0.416 e. The van der Waals surface area contributed by atoms with Crippen LogP contribution in [0.4, 0.5) is 18.9 Å². The zero-order valence-corrected chi connectivity index (χ0v) is 12.7. The molecule has 118 valence electrons. The van der Waals surface area contributed by atoms with Gasteiger partial charge in [0.15, 0.2) is 0 Å². The SMILES string of the molecule is CN1CCN(c2ccc(C(F)(F)F)cc2CN)CC1(C)C. The van der Waals surface area contributed by atoms with E-state index < -0.39 is 11.7 Å². The second kappa shape index (κ2) is 5.50. The number of halogens is 3. The van der Waals surface area contributed by atoms with Crippen molar-refractivity contribution in [1.29, 1.82) is 0 Å². The summed E-state index contributed by atoms with van der Waals surface area (Å²) >= 11 is 0. The first-order valence-corrected chi connectivity index (χ1v) is 7.01. The molecular formula is C15H22F3N3. The molecule has 0 amide bonds. The van der Waals surface area contributed by atoms with Crippen molar-refractivity contribution in [2.24, 2.45) is 5.73 Å². The fourth-order valence-electron chi connectivity index (χ4n) is 2.68. The van der Waals surface area contributed by atoms with Crippen LogP contribution in [-0.4, -0.2) is 37.1 Å². The van der Waals surface area contributed by atoms with Gasteiger partial charge in [-0.25, -0.2) is 0 Å². The van der Waals surface area contributed by atoms with Crippen molar-refractivity contribution in [3.63, 3.8) is 0 Å². The van der Waals surface area contributed by atoms with E-state index in [0.29, 0.717) is 5.56 Å². The number of anilines is 1. The summed E-state index contributed by atoms with van der Waals surface area (Å²) in [5.41, 5.74) is 6.36. The second-order valence-electron chi connectivity index (χ2n) is 6.20.